The van der Waals surface area contributed by atoms with E-state index in [1.807, 2.05) is 30.3 Å². The number of rotatable bonds is 6. The molecule has 0 aliphatic heterocycles. The van der Waals surface area contributed by atoms with E-state index in [0.29, 0.717) is 12.8 Å². The SMILES string of the molecule is CCC[C@H](C(=O)N[C@H]1CCC[C@@H](S(C)(=O)=O)C1)c1ccccc1. The Kier molecular flexibility index (Phi) is 6.22. The van der Waals surface area contributed by atoms with Crippen LogP contribution in [0.25, 0.3) is 0 Å². The minimum absolute atomic E-state index is 0.0252. The fourth-order valence-corrected chi connectivity index (χ4v) is 4.57. The first kappa shape index (κ1) is 18.0. The van der Waals surface area contributed by atoms with Crippen LogP contribution < -0.4 is 5.32 Å². The molecule has 0 radical (unpaired) electrons. The van der Waals surface area contributed by atoms with Crippen molar-refractivity contribution < 1.29 is 13.2 Å². The van der Waals surface area contributed by atoms with Crippen LogP contribution in [0.4, 0.5) is 0 Å². The van der Waals surface area contributed by atoms with Crippen molar-refractivity contribution in [1.29, 1.82) is 0 Å². The second-order valence-corrected chi connectivity index (χ2v) is 8.90. The van der Waals surface area contributed by atoms with Gasteiger partial charge in [-0.15, -0.1) is 0 Å². The Hall–Kier alpha value is -1.36. The summed E-state index contributed by atoms with van der Waals surface area (Å²) in [5, 5.41) is 2.78. The molecule has 0 saturated heterocycles. The van der Waals surface area contributed by atoms with Gasteiger partial charge in [-0.3, -0.25) is 4.79 Å². The predicted molar refractivity (Wildman–Crippen MR) is 93.1 cm³/mol. The molecule has 5 heteroatoms. The third kappa shape index (κ3) is 5.06. The van der Waals surface area contributed by atoms with Gasteiger partial charge in [0.1, 0.15) is 9.84 Å². The van der Waals surface area contributed by atoms with E-state index < -0.39 is 9.84 Å². The van der Waals surface area contributed by atoms with Gasteiger partial charge in [0.05, 0.1) is 11.2 Å². The number of hydrogen-bond donors (Lipinski definition) is 1. The fraction of sp³-hybridized carbons (Fsp3) is 0.611. The van der Waals surface area contributed by atoms with Crippen molar-refractivity contribution >= 4 is 15.7 Å². The standard InChI is InChI=1S/C18H27NO3S/c1-3-8-17(14-9-5-4-6-10-14)18(20)19-15-11-7-12-16(13-15)23(2,21)22/h4-6,9-10,15-17H,3,7-8,11-13H2,1-2H3,(H,19,20)/t15-,16+,17-/m0/s1. The van der Waals surface area contributed by atoms with E-state index in [1.54, 1.807) is 0 Å². The largest absolute Gasteiger partial charge is 0.353 e. The molecule has 4 nitrogen and oxygen atoms in total. The lowest BCUT2D eigenvalue weighted by Gasteiger charge is -2.30. The van der Waals surface area contributed by atoms with Gasteiger partial charge >= 0.3 is 0 Å². The van der Waals surface area contributed by atoms with E-state index in [2.05, 4.69) is 12.2 Å². The Morgan fingerprint density at radius 1 is 1.26 bits per heavy atom. The summed E-state index contributed by atoms with van der Waals surface area (Å²) in [7, 11) is -3.03. The maximum atomic E-state index is 12.7. The van der Waals surface area contributed by atoms with Crippen LogP contribution in [0, 0.1) is 0 Å². The second-order valence-electron chi connectivity index (χ2n) is 6.58. The Morgan fingerprint density at radius 2 is 1.96 bits per heavy atom. The van der Waals surface area contributed by atoms with Gasteiger partial charge in [-0.2, -0.15) is 0 Å². The molecule has 0 bridgehead atoms. The van der Waals surface area contributed by atoms with Crippen LogP contribution in [-0.2, 0) is 14.6 Å². The summed E-state index contributed by atoms with van der Waals surface area (Å²) in [6.45, 7) is 2.07. The molecule has 128 valence electrons. The van der Waals surface area contributed by atoms with Crippen LogP contribution >= 0.6 is 0 Å². The van der Waals surface area contributed by atoms with E-state index in [9.17, 15) is 13.2 Å². The van der Waals surface area contributed by atoms with Crippen molar-refractivity contribution in [3.8, 4) is 0 Å². The van der Waals surface area contributed by atoms with Crippen molar-refractivity contribution in [1.82, 2.24) is 5.32 Å². The first-order valence-electron chi connectivity index (χ1n) is 8.46. The third-order valence-corrected chi connectivity index (χ3v) is 6.31. The first-order valence-corrected chi connectivity index (χ1v) is 10.4. The lowest BCUT2D eigenvalue weighted by molar-refractivity contribution is -0.123. The topological polar surface area (TPSA) is 63.2 Å². The number of carbonyl (C=O) groups is 1. The summed E-state index contributed by atoms with van der Waals surface area (Å²) in [5.41, 5.74) is 1.03. The van der Waals surface area contributed by atoms with Crippen molar-refractivity contribution in [2.45, 2.75) is 62.7 Å². The normalized spacial score (nSPS) is 23.2. The monoisotopic (exact) mass is 337 g/mol. The number of amides is 1. The van der Waals surface area contributed by atoms with Gasteiger partial charge in [-0.1, -0.05) is 50.1 Å². The van der Waals surface area contributed by atoms with Gasteiger partial charge in [-0.25, -0.2) is 8.42 Å². The zero-order valence-corrected chi connectivity index (χ0v) is 14.8. The van der Waals surface area contributed by atoms with Crippen LogP contribution in [0.1, 0.15) is 56.9 Å². The molecule has 0 spiro atoms. The van der Waals surface area contributed by atoms with Gasteiger partial charge in [0.25, 0.3) is 0 Å². The van der Waals surface area contributed by atoms with Crippen molar-refractivity contribution in [2.24, 2.45) is 0 Å². The average Bonchev–Trinajstić information content (AvgIpc) is 2.53. The van der Waals surface area contributed by atoms with E-state index in [0.717, 1.165) is 31.2 Å². The minimum atomic E-state index is -3.03. The summed E-state index contributed by atoms with van der Waals surface area (Å²) in [5.74, 6) is -0.128. The molecule has 0 aromatic heterocycles. The first-order chi connectivity index (χ1) is 10.9. The highest BCUT2D eigenvalue weighted by Gasteiger charge is 2.31. The smallest absolute Gasteiger partial charge is 0.227 e. The summed E-state index contributed by atoms with van der Waals surface area (Å²) in [6, 6.07) is 9.79. The van der Waals surface area contributed by atoms with Crippen LogP contribution in [0.3, 0.4) is 0 Å². The van der Waals surface area contributed by atoms with Crippen molar-refractivity contribution in [3.63, 3.8) is 0 Å². The molecule has 1 amide bonds. The average molecular weight is 337 g/mol. The second kappa shape index (κ2) is 7.95. The van der Waals surface area contributed by atoms with Gasteiger partial charge in [0.2, 0.25) is 5.91 Å². The number of hydrogen-bond acceptors (Lipinski definition) is 3. The third-order valence-electron chi connectivity index (χ3n) is 4.67. The van der Waals surface area contributed by atoms with Gasteiger partial charge < -0.3 is 5.32 Å². The van der Waals surface area contributed by atoms with E-state index in [1.165, 1.54) is 6.26 Å². The summed E-state index contributed by atoms with van der Waals surface area (Å²) >= 11 is 0. The predicted octanol–water partition coefficient (Wildman–Crippen LogP) is 3.04. The molecular formula is C18H27NO3S. The molecule has 0 heterocycles. The molecule has 1 aliphatic carbocycles. The van der Waals surface area contributed by atoms with Crippen molar-refractivity contribution in [3.05, 3.63) is 35.9 Å². The van der Waals surface area contributed by atoms with Crippen LogP contribution in [0.5, 0.6) is 0 Å². The van der Waals surface area contributed by atoms with E-state index in [-0.39, 0.29) is 23.1 Å². The van der Waals surface area contributed by atoms with Gasteiger partial charge in [0, 0.05) is 12.3 Å². The summed E-state index contributed by atoms with van der Waals surface area (Å²) < 4.78 is 23.5. The Labute approximate surface area is 139 Å². The molecular weight excluding hydrogens is 310 g/mol. The molecule has 1 N–H and O–H groups in total. The highest BCUT2D eigenvalue weighted by molar-refractivity contribution is 7.91. The van der Waals surface area contributed by atoms with E-state index in [4.69, 9.17) is 0 Å². The van der Waals surface area contributed by atoms with Gasteiger partial charge in [-0.05, 0) is 31.2 Å². The molecule has 1 aliphatic rings. The molecule has 3 atom stereocenters. The quantitative estimate of drug-likeness (QED) is 0.868. The fourth-order valence-electron chi connectivity index (χ4n) is 3.39. The van der Waals surface area contributed by atoms with Crippen LogP contribution in [0.2, 0.25) is 0 Å². The number of sulfone groups is 1. The highest BCUT2D eigenvalue weighted by Crippen LogP contribution is 2.26. The van der Waals surface area contributed by atoms with Crippen LogP contribution in [-0.4, -0.2) is 31.9 Å². The molecule has 1 aromatic rings. The Bertz CT molecular complexity index is 612. The number of benzene rings is 1. The molecule has 1 aromatic carbocycles. The Morgan fingerprint density at radius 3 is 2.57 bits per heavy atom. The van der Waals surface area contributed by atoms with Crippen LogP contribution in [0.15, 0.2) is 30.3 Å². The molecule has 1 saturated carbocycles. The highest BCUT2D eigenvalue weighted by atomic mass is 32.2. The zero-order chi connectivity index (χ0) is 16.9. The maximum Gasteiger partial charge on any atom is 0.227 e. The maximum absolute atomic E-state index is 12.7. The molecule has 0 unspecified atom stereocenters. The lowest BCUT2D eigenvalue weighted by atomic mass is 9.91. The lowest BCUT2D eigenvalue weighted by Crippen LogP contribution is -2.43. The summed E-state index contributed by atoms with van der Waals surface area (Å²) in [4.78, 5) is 12.7. The zero-order valence-electron chi connectivity index (χ0n) is 14.0. The molecule has 2 rings (SSSR count). The number of carbonyl (C=O) groups excluding carboxylic acids is 1. The Balaban J connectivity index is 2.04. The minimum Gasteiger partial charge on any atom is -0.353 e. The van der Waals surface area contributed by atoms with E-state index >= 15 is 0 Å². The molecule has 1 fully saturated rings. The summed E-state index contributed by atoms with van der Waals surface area (Å²) in [6.07, 6.45) is 6.01. The van der Waals surface area contributed by atoms with Gasteiger partial charge in [0.15, 0.2) is 0 Å². The van der Waals surface area contributed by atoms with Crippen molar-refractivity contribution in [2.75, 3.05) is 6.26 Å². The number of nitrogens with one attached hydrogen (secondary N) is 1. The molecule has 23 heavy (non-hydrogen) atoms.